The van der Waals surface area contributed by atoms with Crippen LogP contribution in [0.1, 0.15) is 13.3 Å². The van der Waals surface area contributed by atoms with Gasteiger partial charge in [0.1, 0.15) is 17.3 Å². The Labute approximate surface area is 109 Å². The number of nitrogens with one attached hydrogen (secondary N) is 2. The highest BCUT2D eigenvalue weighted by Crippen LogP contribution is 2.22. The summed E-state index contributed by atoms with van der Waals surface area (Å²) in [5.74, 6) is 0.386. The summed E-state index contributed by atoms with van der Waals surface area (Å²) < 4.78 is 32.1. The quantitative estimate of drug-likeness (QED) is 0.692. The van der Waals surface area contributed by atoms with E-state index in [-0.39, 0.29) is 4.90 Å². The molecule has 0 aliphatic rings. The monoisotopic (exact) mass is 272 g/mol. The fourth-order valence-electron chi connectivity index (χ4n) is 1.37. The van der Waals surface area contributed by atoms with E-state index >= 15 is 0 Å². The lowest BCUT2D eigenvalue weighted by atomic mass is 10.3. The number of hydrogen-bond donors (Lipinski definition) is 2. The van der Waals surface area contributed by atoms with Crippen molar-refractivity contribution in [3.63, 3.8) is 0 Å². The molecule has 0 aliphatic heterocycles. The molecule has 0 fully saturated rings. The minimum Gasteiger partial charge on any atom is -0.491 e. The second-order valence-corrected chi connectivity index (χ2v) is 5.53. The lowest BCUT2D eigenvalue weighted by Gasteiger charge is -2.12. The zero-order valence-electron chi connectivity index (χ0n) is 10.8. The molecule has 0 saturated heterocycles. The molecule has 2 N–H and O–H groups in total. The van der Waals surface area contributed by atoms with Gasteiger partial charge in [0.25, 0.3) is 0 Å². The highest BCUT2D eigenvalue weighted by atomic mass is 32.2. The number of hydrogen-bond acceptors (Lipinski definition) is 4. The van der Waals surface area contributed by atoms with Crippen molar-refractivity contribution in [1.82, 2.24) is 10.0 Å². The molecule has 18 heavy (non-hydrogen) atoms. The zero-order valence-corrected chi connectivity index (χ0v) is 11.6. The van der Waals surface area contributed by atoms with Gasteiger partial charge in [-0.05, 0) is 25.6 Å². The van der Waals surface area contributed by atoms with Crippen molar-refractivity contribution in [3.8, 4) is 5.75 Å². The normalized spacial score (nSPS) is 11.4. The van der Waals surface area contributed by atoms with Gasteiger partial charge in [0.2, 0.25) is 10.0 Å². The van der Waals surface area contributed by atoms with E-state index in [1.807, 2.05) is 14.0 Å². The lowest BCUT2D eigenvalue weighted by Crippen LogP contribution is -2.25. The van der Waals surface area contributed by atoms with E-state index < -0.39 is 10.0 Å². The summed E-state index contributed by atoms with van der Waals surface area (Å²) in [6, 6.07) is 6.65. The second kappa shape index (κ2) is 7.35. The summed E-state index contributed by atoms with van der Waals surface area (Å²) >= 11 is 0. The van der Waals surface area contributed by atoms with Gasteiger partial charge in [-0.2, -0.15) is 0 Å². The highest BCUT2D eigenvalue weighted by Gasteiger charge is 2.18. The molecule has 0 spiro atoms. The topological polar surface area (TPSA) is 67.4 Å². The van der Waals surface area contributed by atoms with E-state index in [1.165, 1.54) is 0 Å². The molecule has 0 bridgehead atoms. The van der Waals surface area contributed by atoms with Crippen LogP contribution >= 0.6 is 0 Å². The molecule has 5 nitrogen and oxygen atoms in total. The van der Waals surface area contributed by atoms with Crippen molar-refractivity contribution >= 4 is 10.0 Å². The molecule has 0 aliphatic carbocycles. The van der Waals surface area contributed by atoms with Gasteiger partial charge in [-0.15, -0.1) is 0 Å². The number of likely N-dealkylation sites (N-methyl/N-ethyl adjacent to an activating group) is 1. The number of sulfonamides is 1. The maximum absolute atomic E-state index is 12.0. The van der Waals surface area contributed by atoms with Gasteiger partial charge in [0, 0.05) is 13.1 Å². The maximum Gasteiger partial charge on any atom is 0.244 e. The average Bonchev–Trinajstić information content (AvgIpc) is 2.37. The largest absolute Gasteiger partial charge is 0.491 e. The third-order valence-corrected chi connectivity index (χ3v) is 3.79. The lowest BCUT2D eigenvalue weighted by molar-refractivity contribution is 0.310. The first-order valence-corrected chi connectivity index (χ1v) is 7.46. The van der Waals surface area contributed by atoms with Crippen molar-refractivity contribution in [2.75, 3.05) is 26.7 Å². The molecule has 0 unspecified atom stereocenters. The molecule has 0 radical (unpaired) electrons. The molecule has 0 aromatic heterocycles. The van der Waals surface area contributed by atoms with Crippen LogP contribution in [0.2, 0.25) is 0 Å². The zero-order chi connectivity index (χ0) is 13.4. The minimum atomic E-state index is -3.49. The van der Waals surface area contributed by atoms with Crippen molar-refractivity contribution in [2.45, 2.75) is 18.2 Å². The highest BCUT2D eigenvalue weighted by molar-refractivity contribution is 7.89. The summed E-state index contributed by atoms with van der Waals surface area (Å²) in [4.78, 5) is 0.189. The van der Waals surface area contributed by atoms with Crippen molar-refractivity contribution < 1.29 is 13.2 Å². The third kappa shape index (κ3) is 4.29. The first-order chi connectivity index (χ1) is 8.61. The summed E-state index contributed by atoms with van der Waals surface area (Å²) in [6.07, 6.45) is 0.752. The smallest absolute Gasteiger partial charge is 0.244 e. The Morgan fingerprint density at radius 2 is 1.94 bits per heavy atom. The van der Waals surface area contributed by atoms with Crippen LogP contribution in [0.5, 0.6) is 5.75 Å². The second-order valence-electron chi connectivity index (χ2n) is 3.80. The van der Waals surface area contributed by atoms with Crippen LogP contribution in [0.15, 0.2) is 29.2 Å². The Kier molecular flexibility index (Phi) is 6.11. The van der Waals surface area contributed by atoms with E-state index in [0.29, 0.717) is 25.4 Å². The van der Waals surface area contributed by atoms with Crippen LogP contribution in [-0.2, 0) is 10.0 Å². The van der Waals surface area contributed by atoms with Crippen LogP contribution in [0.4, 0.5) is 0 Å². The molecule has 1 aromatic carbocycles. The van der Waals surface area contributed by atoms with Crippen LogP contribution in [0.25, 0.3) is 0 Å². The predicted octanol–water partition coefficient (Wildman–Crippen LogP) is 0.973. The number of rotatable bonds is 8. The third-order valence-electron chi connectivity index (χ3n) is 2.29. The molecule has 1 aromatic rings. The first kappa shape index (κ1) is 14.9. The Morgan fingerprint density at radius 1 is 1.22 bits per heavy atom. The summed E-state index contributed by atoms with van der Waals surface area (Å²) in [5.41, 5.74) is 0. The molecule has 6 heteroatoms. The van der Waals surface area contributed by atoms with Crippen LogP contribution in [-0.4, -0.2) is 35.2 Å². The van der Waals surface area contributed by atoms with Crippen LogP contribution in [0.3, 0.4) is 0 Å². The summed E-state index contributed by atoms with van der Waals surface area (Å²) in [5, 5.41) is 2.94. The van der Waals surface area contributed by atoms with Crippen molar-refractivity contribution in [1.29, 1.82) is 0 Å². The molecule has 0 heterocycles. The van der Waals surface area contributed by atoms with Crippen molar-refractivity contribution in [2.24, 2.45) is 0 Å². The molecule has 0 saturated carbocycles. The Bertz CT molecular complexity index is 460. The van der Waals surface area contributed by atoms with E-state index in [0.717, 1.165) is 6.42 Å². The van der Waals surface area contributed by atoms with Gasteiger partial charge < -0.3 is 10.1 Å². The molecule has 0 atom stereocenters. The molecular weight excluding hydrogens is 252 g/mol. The van der Waals surface area contributed by atoms with E-state index in [1.54, 1.807) is 24.3 Å². The van der Waals surface area contributed by atoms with E-state index in [2.05, 4.69) is 10.0 Å². The Balaban J connectivity index is 2.87. The van der Waals surface area contributed by atoms with Gasteiger partial charge in [-0.25, -0.2) is 13.1 Å². The maximum atomic E-state index is 12.0. The number of para-hydroxylation sites is 1. The molecule has 0 amide bonds. The van der Waals surface area contributed by atoms with Gasteiger partial charge in [0.05, 0.1) is 0 Å². The number of benzene rings is 1. The number of ether oxygens (including phenoxy) is 1. The average molecular weight is 272 g/mol. The minimum absolute atomic E-state index is 0.189. The summed E-state index contributed by atoms with van der Waals surface area (Å²) in [7, 11) is -1.67. The van der Waals surface area contributed by atoms with Crippen LogP contribution < -0.4 is 14.8 Å². The van der Waals surface area contributed by atoms with Gasteiger partial charge >= 0.3 is 0 Å². The van der Waals surface area contributed by atoms with Gasteiger partial charge in [-0.3, -0.25) is 0 Å². The Hall–Kier alpha value is -1.11. The molecular formula is C12H20N2O3S. The molecule has 1 rings (SSSR count). The summed E-state index contributed by atoms with van der Waals surface area (Å²) in [6.45, 7) is 3.43. The van der Waals surface area contributed by atoms with Gasteiger partial charge in [-0.1, -0.05) is 19.1 Å². The van der Waals surface area contributed by atoms with E-state index in [4.69, 9.17) is 4.74 Å². The fourth-order valence-corrected chi connectivity index (χ4v) is 2.65. The first-order valence-electron chi connectivity index (χ1n) is 5.98. The van der Waals surface area contributed by atoms with E-state index in [9.17, 15) is 8.42 Å². The Morgan fingerprint density at radius 3 is 2.61 bits per heavy atom. The van der Waals surface area contributed by atoms with Crippen LogP contribution in [0, 0.1) is 0 Å². The van der Waals surface area contributed by atoms with Crippen molar-refractivity contribution in [3.05, 3.63) is 24.3 Å². The predicted molar refractivity (Wildman–Crippen MR) is 71.3 cm³/mol. The SMILES string of the molecule is CCCNS(=O)(=O)c1ccccc1OCCNC. The van der Waals surface area contributed by atoms with Gasteiger partial charge in [0.15, 0.2) is 0 Å². The standard InChI is InChI=1S/C12H20N2O3S/c1-3-8-14-18(15,16)12-7-5-4-6-11(12)17-10-9-13-2/h4-7,13-14H,3,8-10H2,1-2H3. The molecule has 102 valence electrons. The fraction of sp³-hybridized carbons (Fsp3) is 0.500.